The summed E-state index contributed by atoms with van der Waals surface area (Å²) in [5, 5.41) is 8.26. The van der Waals surface area contributed by atoms with Crippen LogP contribution in [0.2, 0.25) is 0 Å². The summed E-state index contributed by atoms with van der Waals surface area (Å²) in [6.45, 7) is 0. The van der Waals surface area contributed by atoms with Gasteiger partial charge in [-0.05, 0) is 12.8 Å². The van der Waals surface area contributed by atoms with Gasteiger partial charge in [0.05, 0.1) is 0 Å². The Labute approximate surface area is 70.8 Å². The summed E-state index contributed by atoms with van der Waals surface area (Å²) >= 11 is 0. The van der Waals surface area contributed by atoms with Crippen LogP contribution in [-0.2, 0) is 9.59 Å². The molecule has 12 heavy (non-hydrogen) atoms. The SMILES string of the molecule is O=C(O)C#CC1CCC(=O)CC1. The molecule has 64 valence electrons. The van der Waals surface area contributed by atoms with Crippen LogP contribution in [0, 0.1) is 17.8 Å². The van der Waals surface area contributed by atoms with Crippen LogP contribution < -0.4 is 0 Å². The molecule has 3 nitrogen and oxygen atoms in total. The smallest absolute Gasteiger partial charge is 0.381 e. The number of carboxylic acids is 1. The highest BCUT2D eigenvalue weighted by molar-refractivity contribution is 5.86. The molecule has 0 aliphatic heterocycles. The van der Waals surface area contributed by atoms with Crippen LogP contribution in [0.3, 0.4) is 0 Å². The minimum Gasteiger partial charge on any atom is -0.472 e. The van der Waals surface area contributed by atoms with E-state index in [4.69, 9.17) is 5.11 Å². The van der Waals surface area contributed by atoms with Crippen molar-refractivity contribution in [1.29, 1.82) is 0 Å². The maximum Gasteiger partial charge on any atom is 0.381 e. The lowest BCUT2D eigenvalue weighted by Gasteiger charge is -2.14. The Kier molecular flexibility index (Phi) is 2.87. The molecule has 1 rings (SSSR count). The number of aliphatic carboxylic acids is 1. The molecule has 1 N–H and O–H groups in total. The van der Waals surface area contributed by atoms with Gasteiger partial charge in [0, 0.05) is 24.7 Å². The predicted octanol–water partition coefficient (Wildman–Crippen LogP) is 0.834. The Morgan fingerprint density at radius 3 is 2.50 bits per heavy atom. The van der Waals surface area contributed by atoms with E-state index in [0.29, 0.717) is 12.8 Å². The van der Waals surface area contributed by atoms with Crippen molar-refractivity contribution in [1.82, 2.24) is 0 Å². The molecule has 0 aromatic heterocycles. The molecule has 0 aromatic carbocycles. The fourth-order valence-electron chi connectivity index (χ4n) is 1.25. The number of Topliss-reactive ketones (excluding diaryl/α,β-unsaturated/α-hetero) is 1. The topological polar surface area (TPSA) is 54.4 Å². The van der Waals surface area contributed by atoms with E-state index in [0.717, 1.165) is 12.8 Å². The van der Waals surface area contributed by atoms with Gasteiger partial charge in [0.25, 0.3) is 0 Å². The number of rotatable bonds is 0. The van der Waals surface area contributed by atoms with Crippen molar-refractivity contribution in [3.63, 3.8) is 0 Å². The predicted molar refractivity (Wildman–Crippen MR) is 42.4 cm³/mol. The lowest BCUT2D eigenvalue weighted by Crippen LogP contribution is -2.12. The van der Waals surface area contributed by atoms with E-state index in [-0.39, 0.29) is 11.7 Å². The van der Waals surface area contributed by atoms with Gasteiger partial charge < -0.3 is 5.11 Å². The lowest BCUT2D eigenvalue weighted by atomic mass is 9.89. The van der Waals surface area contributed by atoms with Gasteiger partial charge in [-0.3, -0.25) is 4.79 Å². The monoisotopic (exact) mass is 166 g/mol. The number of ketones is 1. The molecule has 0 heterocycles. The average Bonchev–Trinajstić information content (AvgIpc) is 2.03. The van der Waals surface area contributed by atoms with Gasteiger partial charge in [-0.15, -0.1) is 0 Å². The summed E-state index contributed by atoms with van der Waals surface area (Å²) in [4.78, 5) is 20.8. The Morgan fingerprint density at radius 1 is 1.42 bits per heavy atom. The van der Waals surface area contributed by atoms with Crippen molar-refractivity contribution in [3.8, 4) is 11.8 Å². The number of carbonyl (C=O) groups excluding carboxylic acids is 1. The Balaban J connectivity index is 2.42. The van der Waals surface area contributed by atoms with Crippen LogP contribution in [0.4, 0.5) is 0 Å². The van der Waals surface area contributed by atoms with Gasteiger partial charge in [0.15, 0.2) is 0 Å². The van der Waals surface area contributed by atoms with Gasteiger partial charge in [-0.1, -0.05) is 5.92 Å². The van der Waals surface area contributed by atoms with Crippen LogP contribution >= 0.6 is 0 Å². The molecular formula is C9H10O3. The van der Waals surface area contributed by atoms with Crippen molar-refractivity contribution in [2.75, 3.05) is 0 Å². The average molecular weight is 166 g/mol. The molecule has 1 fully saturated rings. The summed E-state index contributed by atoms with van der Waals surface area (Å²) in [6, 6.07) is 0. The molecule has 0 radical (unpaired) electrons. The highest BCUT2D eigenvalue weighted by atomic mass is 16.4. The first-order valence-electron chi connectivity index (χ1n) is 3.94. The van der Waals surface area contributed by atoms with E-state index in [1.807, 2.05) is 0 Å². The van der Waals surface area contributed by atoms with E-state index >= 15 is 0 Å². The number of carbonyl (C=O) groups is 2. The van der Waals surface area contributed by atoms with E-state index in [1.54, 1.807) is 0 Å². The molecule has 0 aromatic rings. The summed E-state index contributed by atoms with van der Waals surface area (Å²) in [7, 11) is 0. The van der Waals surface area contributed by atoms with Gasteiger partial charge >= 0.3 is 5.97 Å². The van der Waals surface area contributed by atoms with Crippen molar-refractivity contribution >= 4 is 11.8 Å². The minimum absolute atomic E-state index is 0.110. The quantitative estimate of drug-likeness (QED) is 0.542. The van der Waals surface area contributed by atoms with Gasteiger partial charge in [-0.25, -0.2) is 4.79 Å². The summed E-state index contributed by atoms with van der Waals surface area (Å²) in [5.41, 5.74) is 0. The number of carboxylic acid groups (broad SMARTS) is 1. The number of hydrogen-bond donors (Lipinski definition) is 1. The van der Waals surface area contributed by atoms with Crippen molar-refractivity contribution < 1.29 is 14.7 Å². The first kappa shape index (κ1) is 8.79. The molecular weight excluding hydrogens is 156 g/mol. The van der Waals surface area contributed by atoms with E-state index < -0.39 is 5.97 Å². The molecule has 0 atom stereocenters. The second kappa shape index (κ2) is 3.91. The van der Waals surface area contributed by atoms with Crippen LogP contribution in [0.1, 0.15) is 25.7 Å². The first-order valence-corrected chi connectivity index (χ1v) is 3.94. The lowest BCUT2D eigenvalue weighted by molar-refractivity contribution is -0.130. The third kappa shape index (κ3) is 2.75. The first-order chi connectivity index (χ1) is 5.68. The van der Waals surface area contributed by atoms with Crippen LogP contribution in [-0.4, -0.2) is 16.9 Å². The third-order valence-electron chi connectivity index (χ3n) is 1.93. The second-order valence-corrected chi connectivity index (χ2v) is 2.89. The molecule has 1 saturated carbocycles. The summed E-state index contributed by atoms with van der Waals surface area (Å²) < 4.78 is 0. The third-order valence-corrected chi connectivity index (χ3v) is 1.93. The van der Waals surface area contributed by atoms with Crippen LogP contribution in [0.5, 0.6) is 0 Å². The zero-order chi connectivity index (χ0) is 8.97. The second-order valence-electron chi connectivity index (χ2n) is 2.89. The van der Waals surface area contributed by atoms with Crippen LogP contribution in [0.15, 0.2) is 0 Å². The zero-order valence-corrected chi connectivity index (χ0v) is 6.67. The van der Waals surface area contributed by atoms with Gasteiger partial charge in [0.2, 0.25) is 0 Å². The minimum atomic E-state index is -1.09. The molecule has 0 amide bonds. The number of hydrogen-bond acceptors (Lipinski definition) is 2. The molecule has 0 bridgehead atoms. The van der Waals surface area contributed by atoms with Crippen LogP contribution in [0.25, 0.3) is 0 Å². The van der Waals surface area contributed by atoms with E-state index in [2.05, 4.69) is 11.8 Å². The van der Waals surface area contributed by atoms with Gasteiger partial charge in [0.1, 0.15) is 5.78 Å². The fraction of sp³-hybridized carbons (Fsp3) is 0.556. The van der Waals surface area contributed by atoms with Crippen molar-refractivity contribution in [2.24, 2.45) is 5.92 Å². The largest absolute Gasteiger partial charge is 0.472 e. The highest BCUT2D eigenvalue weighted by Crippen LogP contribution is 2.20. The normalized spacial score (nSPS) is 18.2. The van der Waals surface area contributed by atoms with Crippen molar-refractivity contribution in [2.45, 2.75) is 25.7 Å². The molecule has 0 saturated heterocycles. The fourth-order valence-corrected chi connectivity index (χ4v) is 1.25. The molecule has 0 spiro atoms. The maximum atomic E-state index is 10.8. The van der Waals surface area contributed by atoms with Crippen molar-refractivity contribution in [3.05, 3.63) is 0 Å². The molecule has 0 unspecified atom stereocenters. The Bertz CT molecular complexity index is 247. The molecule has 1 aliphatic rings. The molecule has 1 aliphatic carbocycles. The Morgan fingerprint density at radius 2 is 2.00 bits per heavy atom. The zero-order valence-electron chi connectivity index (χ0n) is 6.67. The summed E-state index contributed by atoms with van der Waals surface area (Å²) in [5.74, 6) is 4.01. The van der Waals surface area contributed by atoms with E-state index in [9.17, 15) is 9.59 Å². The van der Waals surface area contributed by atoms with Gasteiger partial charge in [-0.2, -0.15) is 0 Å². The summed E-state index contributed by atoms with van der Waals surface area (Å²) in [6.07, 6.45) is 2.55. The highest BCUT2D eigenvalue weighted by Gasteiger charge is 2.16. The standard InChI is InChI=1S/C9H10O3/c10-8-4-1-7(2-5-8)3-6-9(11)12/h7H,1-2,4-5H2,(H,11,12). The molecule has 3 heteroatoms. The maximum absolute atomic E-state index is 10.8. The Hall–Kier alpha value is -1.30. The van der Waals surface area contributed by atoms with E-state index in [1.165, 1.54) is 0 Å².